The van der Waals surface area contributed by atoms with E-state index in [1.165, 1.54) is 0 Å². The molecule has 1 heterocycles. The zero-order chi connectivity index (χ0) is 12.5. The van der Waals surface area contributed by atoms with E-state index in [1.54, 1.807) is 0 Å². The highest BCUT2D eigenvalue weighted by atomic mass is 35.5. The molecule has 0 radical (unpaired) electrons. The SMILES string of the molecule is OC1C2=C(C=CCC=N2)CCc2cc(Cl)ccc21. The Hall–Kier alpha value is -1.38. The van der Waals surface area contributed by atoms with Crippen LogP contribution >= 0.6 is 11.6 Å². The number of aliphatic hydroxyl groups is 1. The predicted molar refractivity (Wildman–Crippen MR) is 74.0 cm³/mol. The van der Waals surface area contributed by atoms with Gasteiger partial charge in [0.2, 0.25) is 0 Å². The van der Waals surface area contributed by atoms with Crippen LogP contribution in [0.4, 0.5) is 0 Å². The highest BCUT2D eigenvalue weighted by Gasteiger charge is 2.23. The molecule has 1 aromatic carbocycles. The summed E-state index contributed by atoms with van der Waals surface area (Å²) in [6.07, 6.45) is 7.99. The van der Waals surface area contributed by atoms with E-state index in [0.717, 1.165) is 46.7 Å². The third kappa shape index (κ3) is 2.02. The number of benzene rings is 1. The molecule has 0 amide bonds. The number of halogens is 1. The Morgan fingerprint density at radius 1 is 1.28 bits per heavy atom. The lowest BCUT2D eigenvalue weighted by Crippen LogP contribution is -2.02. The molecule has 0 spiro atoms. The van der Waals surface area contributed by atoms with E-state index in [9.17, 15) is 5.11 Å². The van der Waals surface area contributed by atoms with Gasteiger partial charge < -0.3 is 5.11 Å². The third-order valence-electron chi connectivity index (χ3n) is 3.44. The first kappa shape index (κ1) is 11.7. The highest BCUT2D eigenvalue weighted by molar-refractivity contribution is 6.30. The Kier molecular flexibility index (Phi) is 3.06. The summed E-state index contributed by atoms with van der Waals surface area (Å²) >= 11 is 6.02. The van der Waals surface area contributed by atoms with Gasteiger partial charge in [0.15, 0.2) is 0 Å². The number of fused-ring (bicyclic) bond motifs is 1. The van der Waals surface area contributed by atoms with Gasteiger partial charge in [-0.15, -0.1) is 0 Å². The van der Waals surface area contributed by atoms with Crippen LogP contribution in [-0.2, 0) is 6.42 Å². The van der Waals surface area contributed by atoms with Crippen LogP contribution in [0, 0.1) is 0 Å². The van der Waals surface area contributed by atoms with Crippen molar-refractivity contribution in [3.8, 4) is 0 Å². The lowest BCUT2D eigenvalue weighted by molar-refractivity contribution is 0.213. The summed E-state index contributed by atoms with van der Waals surface area (Å²) in [6, 6.07) is 5.67. The van der Waals surface area contributed by atoms with Crippen LogP contribution in [0.1, 0.15) is 30.1 Å². The fraction of sp³-hybridized carbons (Fsp3) is 0.267. The zero-order valence-corrected chi connectivity index (χ0v) is 10.7. The molecular weight excluding hydrogens is 246 g/mol. The molecule has 1 N–H and O–H groups in total. The van der Waals surface area contributed by atoms with E-state index >= 15 is 0 Å². The molecule has 0 fully saturated rings. The van der Waals surface area contributed by atoms with Crippen molar-refractivity contribution in [1.29, 1.82) is 0 Å². The average molecular weight is 260 g/mol. The minimum absolute atomic E-state index is 0.645. The smallest absolute Gasteiger partial charge is 0.121 e. The maximum Gasteiger partial charge on any atom is 0.121 e. The number of hydrogen-bond acceptors (Lipinski definition) is 2. The molecule has 1 aromatic rings. The number of aryl methyl sites for hydroxylation is 1. The maximum absolute atomic E-state index is 10.5. The van der Waals surface area contributed by atoms with Gasteiger partial charge >= 0.3 is 0 Å². The summed E-state index contributed by atoms with van der Waals surface area (Å²) in [5.41, 5.74) is 3.96. The van der Waals surface area contributed by atoms with Crippen molar-refractivity contribution in [1.82, 2.24) is 0 Å². The lowest BCUT2D eigenvalue weighted by atomic mass is 10.0. The topological polar surface area (TPSA) is 32.6 Å². The molecule has 92 valence electrons. The Morgan fingerprint density at radius 2 is 2.17 bits per heavy atom. The van der Waals surface area contributed by atoms with Crippen molar-refractivity contribution in [3.63, 3.8) is 0 Å². The van der Waals surface area contributed by atoms with Gasteiger partial charge in [-0.3, -0.25) is 4.99 Å². The van der Waals surface area contributed by atoms with E-state index in [4.69, 9.17) is 11.6 Å². The monoisotopic (exact) mass is 259 g/mol. The minimum atomic E-state index is -0.645. The zero-order valence-electron chi connectivity index (χ0n) is 9.94. The van der Waals surface area contributed by atoms with Crippen molar-refractivity contribution in [3.05, 3.63) is 57.8 Å². The first-order valence-electron chi connectivity index (χ1n) is 6.14. The molecule has 2 aliphatic rings. The van der Waals surface area contributed by atoms with Gasteiger partial charge in [0.25, 0.3) is 0 Å². The molecule has 1 aliphatic heterocycles. The second-order valence-electron chi connectivity index (χ2n) is 4.61. The number of allylic oxidation sites excluding steroid dienone is 3. The van der Waals surface area contributed by atoms with Crippen LogP contribution in [0.25, 0.3) is 0 Å². The molecule has 0 saturated carbocycles. The number of hydrogen-bond donors (Lipinski definition) is 1. The highest BCUT2D eigenvalue weighted by Crippen LogP contribution is 2.35. The van der Waals surface area contributed by atoms with E-state index < -0.39 is 6.10 Å². The quantitative estimate of drug-likeness (QED) is 0.759. The normalized spacial score (nSPS) is 22.2. The second-order valence-corrected chi connectivity index (χ2v) is 5.04. The predicted octanol–water partition coefficient (Wildman–Crippen LogP) is 3.60. The summed E-state index contributed by atoms with van der Waals surface area (Å²) in [4.78, 5) is 4.42. The Labute approximate surface area is 111 Å². The van der Waals surface area contributed by atoms with Gasteiger partial charge in [-0.2, -0.15) is 0 Å². The number of rotatable bonds is 0. The van der Waals surface area contributed by atoms with Crippen molar-refractivity contribution in [2.24, 2.45) is 4.99 Å². The standard InChI is InChI=1S/C15H14ClNO/c16-12-6-7-13-11(9-12)5-4-10-3-1-2-8-17-14(10)15(13)18/h1,3,6-9,15,18H,2,4-5H2. The van der Waals surface area contributed by atoms with Crippen LogP contribution < -0.4 is 0 Å². The molecule has 1 atom stereocenters. The van der Waals surface area contributed by atoms with Crippen molar-refractivity contribution in [2.75, 3.05) is 0 Å². The van der Waals surface area contributed by atoms with Crippen molar-refractivity contribution in [2.45, 2.75) is 25.4 Å². The summed E-state index contributed by atoms with van der Waals surface area (Å²) in [5.74, 6) is 0. The Morgan fingerprint density at radius 3 is 3.06 bits per heavy atom. The molecule has 18 heavy (non-hydrogen) atoms. The fourth-order valence-corrected chi connectivity index (χ4v) is 2.72. The number of aliphatic hydroxyl groups excluding tert-OH is 1. The van der Waals surface area contributed by atoms with Gasteiger partial charge in [-0.25, -0.2) is 0 Å². The summed E-state index contributed by atoms with van der Waals surface area (Å²) in [6.45, 7) is 0. The minimum Gasteiger partial charge on any atom is -0.382 e. The first-order chi connectivity index (χ1) is 8.75. The van der Waals surface area contributed by atoms with Gasteiger partial charge in [0.05, 0.1) is 5.70 Å². The molecular formula is C15H14ClNO. The Balaban J connectivity index is 2.11. The molecule has 1 aliphatic carbocycles. The molecule has 0 aromatic heterocycles. The van der Waals surface area contributed by atoms with Crippen molar-refractivity contribution >= 4 is 17.8 Å². The summed E-state index contributed by atoms with van der Waals surface area (Å²) in [5, 5.41) is 11.2. The van der Waals surface area contributed by atoms with E-state index in [0.29, 0.717) is 0 Å². The van der Waals surface area contributed by atoms with E-state index in [1.807, 2.05) is 24.4 Å². The van der Waals surface area contributed by atoms with Gasteiger partial charge in [0.1, 0.15) is 6.10 Å². The number of nitrogens with zero attached hydrogens (tertiary/aromatic N) is 1. The lowest BCUT2D eigenvalue weighted by Gasteiger charge is -2.14. The van der Waals surface area contributed by atoms with Gasteiger partial charge in [-0.05, 0) is 41.7 Å². The van der Waals surface area contributed by atoms with Crippen molar-refractivity contribution < 1.29 is 5.11 Å². The first-order valence-corrected chi connectivity index (χ1v) is 6.52. The van der Waals surface area contributed by atoms with E-state index in [2.05, 4.69) is 17.1 Å². The van der Waals surface area contributed by atoms with Crippen LogP contribution in [0.5, 0.6) is 0 Å². The Bertz CT molecular complexity index is 572. The molecule has 0 saturated heterocycles. The average Bonchev–Trinajstić information content (AvgIpc) is 2.65. The van der Waals surface area contributed by atoms with Crippen LogP contribution in [-0.4, -0.2) is 11.3 Å². The molecule has 3 rings (SSSR count). The largest absolute Gasteiger partial charge is 0.382 e. The van der Waals surface area contributed by atoms with Crippen LogP contribution in [0.2, 0.25) is 5.02 Å². The summed E-state index contributed by atoms with van der Waals surface area (Å²) < 4.78 is 0. The second kappa shape index (κ2) is 4.71. The molecule has 0 bridgehead atoms. The number of aliphatic imine (C=N–C) groups is 1. The van der Waals surface area contributed by atoms with Crippen LogP contribution in [0.15, 0.2) is 46.6 Å². The van der Waals surface area contributed by atoms with Gasteiger partial charge in [0, 0.05) is 17.7 Å². The van der Waals surface area contributed by atoms with E-state index in [-0.39, 0.29) is 0 Å². The third-order valence-corrected chi connectivity index (χ3v) is 3.68. The molecule has 3 heteroatoms. The fourth-order valence-electron chi connectivity index (χ4n) is 2.52. The summed E-state index contributed by atoms with van der Waals surface area (Å²) in [7, 11) is 0. The van der Waals surface area contributed by atoms with Crippen LogP contribution in [0.3, 0.4) is 0 Å². The van der Waals surface area contributed by atoms with Gasteiger partial charge in [-0.1, -0.05) is 29.8 Å². The molecule has 1 unspecified atom stereocenters. The molecule has 2 nitrogen and oxygen atoms in total. The maximum atomic E-state index is 10.5.